The van der Waals surface area contributed by atoms with Crippen molar-refractivity contribution in [1.82, 2.24) is 9.80 Å². The van der Waals surface area contributed by atoms with Crippen molar-refractivity contribution in [3.05, 3.63) is 0 Å². The molecule has 0 rings (SSSR count). The van der Waals surface area contributed by atoms with Crippen LogP contribution in [-0.4, -0.2) is 64.2 Å². The quantitative estimate of drug-likeness (QED) is 0.429. The van der Waals surface area contributed by atoms with Crippen LogP contribution in [0, 0.1) is 0 Å². The molecule has 76 valence electrons. The van der Waals surface area contributed by atoms with Crippen LogP contribution in [0.5, 0.6) is 0 Å². The minimum absolute atomic E-state index is 0.139. The number of hydrogen-bond acceptors (Lipinski definition) is 5. The highest BCUT2D eigenvalue weighted by Crippen LogP contribution is 1.98. The van der Waals surface area contributed by atoms with Gasteiger partial charge in [-0.05, 0) is 0 Å². The smallest absolute Gasteiger partial charge is 0.330 e. The van der Waals surface area contributed by atoms with E-state index in [2.05, 4.69) is 0 Å². The molecule has 0 fully saturated rings. The van der Waals surface area contributed by atoms with E-state index in [0.717, 1.165) is 4.90 Å². The van der Waals surface area contributed by atoms with Crippen molar-refractivity contribution in [2.24, 2.45) is 0 Å². The van der Waals surface area contributed by atoms with Gasteiger partial charge in [-0.1, -0.05) is 0 Å². The molecule has 7 nitrogen and oxygen atoms in total. The third-order valence-electron chi connectivity index (χ3n) is 1.22. The molecule has 0 spiro atoms. The predicted molar refractivity (Wildman–Crippen MR) is 41.2 cm³/mol. The van der Waals surface area contributed by atoms with Gasteiger partial charge in [-0.15, -0.1) is 0 Å². The average molecular weight is 192 g/mol. The van der Waals surface area contributed by atoms with Gasteiger partial charge in [0.15, 0.2) is 0 Å². The van der Waals surface area contributed by atoms with E-state index in [1.807, 2.05) is 0 Å². The zero-order chi connectivity index (χ0) is 10.6. The Hall–Kier alpha value is -1.18. The second-order valence-corrected chi connectivity index (χ2v) is 2.45. The highest BCUT2D eigenvalue weighted by molar-refractivity contribution is 5.94. The molecule has 0 saturated heterocycles. The molecule has 0 aliphatic carbocycles. The maximum absolute atomic E-state index is 11.1. The van der Waals surface area contributed by atoms with Crippen LogP contribution in [0.1, 0.15) is 0 Å². The van der Waals surface area contributed by atoms with E-state index < -0.39 is 25.0 Å². The van der Waals surface area contributed by atoms with E-state index >= 15 is 0 Å². The first kappa shape index (κ1) is 11.8. The van der Waals surface area contributed by atoms with E-state index in [1.54, 1.807) is 0 Å². The number of carbonyl (C=O) groups is 2. The second kappa shape index (κ2) is 4.75. The van der Waals surface area contributed by atoms with Crippen LogP contribution in [-0.2, 0) is 4.79 Å². The highest BCUT2D eigenvalue weighted by atomic mass is 16.5. The molecule has 13 heavy (non-hydrogen) atoms. The Kier molecular flexibility index (Phi) is 4.32. The van der Waals surface area contributed by atoms with Gasteiger partial charge in [0, 0.05) is 14.1 Å². The summed E-state index contributed by atoms with van der Waals surface area (Å²) in [6, 6.07) is -0.908. The van der Waals surface area contributed by atoms with Crippen molar-refractivity contribution < 1.29 is 24.9 Å². The topological polar surface area (TPSA) is 101 Å². The summed E-state index contributed by atoms with van der Waals surface area (Å²) in [5.41, 5.74) is 0. The molecular formula is C6H12N2O5. The first-order chi connectivity index (χ1) is 5.91. The summed E-state index contributed by atoms with van der Waals surface area (Å²) >= 11 is 0. The average Bonchev–Trinajstić information content (AvgIpc) is 2.03. The first-order valence-electron chi connectivity index (χ1n) is 3.42. The molecule has 0 saturated carbocycles. The highest BCUT2D eigenvalue weighted by Gasteiger charge is 2.27. The molecule has 0 aliphatic rings. The number of hydrogen-bond donors (Lipinski definition) is 3. The first-order valence-corrected chi connectivity index (χ1v) is 3.42. The molecule has 7 heteroatoms. The number of carbonyl (C=O) groups excluding carboxylic acids is 2. The van der Waals surface area contributed by atoms with Crippen molar-refractivity contribution in [2.75, 3.05) is 20.7 Å². The number of imide groups is 1. The lowest BCUT2D eigenvalue weighted by Crippen LogP contribution is -2.50. The summed E-state index contributed by atoms with van der Waals surface area (Å²) in [6.07, 6.45) is -2.24. The van der Waals surface area contributed by atoms with Gasteiger partial charge in [-0.25, -0.2) is 9.69 Å². The molecule has 3 amide bonds. The van der Waals surface area contributed by atoms with Gasteiger partial charge in [-0.3, -0.25) is 4.79 Å². The van der Waals surface area contributed by atoms with Crippen molar-refractivity contribution >= 4 is 11.9 Å². The van der Waals surface area contributed by atoms with Crippen molar-refractivity contribution in [3.8, 4) is 0 Å². The van der Waals surface area contributed by atoms with Crippen LogP contribution in [0.25, 0.3) is 0 Å². The van der Waals surface area contributed by atoms with Crippen molar-refractivity contribution in [3.63, 3.8) is 0 Å². The fourth-order valence-corrected chi connectivity index (χ4v) is 0.626. The summed E-state index contributed by atoms with van der Waals surface area (Å²) < 4.78 is 0. The fraction of sp³-hybridized carbons (Fsp3) is 0.667. The SMILES string of the molecule is CN(C)C(=O)N(C(=O)CO)C(O)O. The molecule has 0 unspecified atom stereocenters. The zero-order valence-corrected chi connectivity index (χ0v) is 7.34. The Bertz CT molecular complexity index is 203. The molecule has 0 aliphatic heterocycles. The lowest BCUT2D eigenvalue weighted by molar-refractivity contribution is -0.167. The molecule has 0 atom stereocenters. The lowest BCUT2D eigenvalue weighted by atomic mass is 10.5. The summed E-state index contributed by atoms with van der Waals surface area (Å²) in [7, 11) is 2.67. The van der Waals surface area contributed by atoms with Gasteiger partial charge in [0.25, 0.3) is 5.91 Å². The van der Waals surface area contributed by atoms with E-state index in [9.17, 15) is 9.59 Å². The molecule has 0 bridgehead atoms. The molecular weight excluding hydrogens is 180 g/mol. The number of urea groups is 1. The van der Waals surface area contributed by atoms with Gasteiger partial charge >= 0.3 is 6.03 Å². The lowest BCUT2D eigenvalue weighted by Gasteiger charge is -2.24. The van der Waals surface area contributed by atoms with Gasteiger partial charge in [0.05, 0.1) is 0 Å². The summed E-state index contributed by atoms with van der Waals surface area (Å²) in [4.78, 5) is 23.0. The maximum atomic E-state index is 11.1. The summed E-state index contributed by atoms with van der Waals surface area (Å²) in [6.45, 7) is -0.961. The third kappa shape index (κ3) is 2.98. The van der Waals surface area contributed by atoms with Gasteiger partial charge < -0.3 is 20.2 Å². The number of amides is 3. The maximum Gasteiger partial charge on any atom is 0.330 e. The Morgan fingerprint density at radius 1 is 1.31 bits per heavy atom. The van der Waals surface area contributed by atoms with E-state index in [-0.39, 0.29) is 4.90 Å². The van der Waals surface area contributed by atoms with E-state index in [4.69, 9.17) is 15.3 Å². The van der Waals surface area contributed by atoms with Crippen LogP contribution in [0.15, 0.2) is 0 Å². The van der Waals surface area contributed by atoms with Crippen LogP contribution in [0.4, 0.5) is 4.79 Å². The Morgan fingerprint density at radius 3 is 2.00 bits per heavy atom. The second-order valence-electron chi connectivity index (χ2n) is 2.45. The fourth-order valence-electron chi connectivity index (χ4n) is 0.626. The largest absolute Gasteiger partial charge is 0.387 e. The third-order valence-corrected chi connectivity index (χ3v) is 1.22. The van der Waals surface area contributed by atoms with Gasteiger partial charge in [0.2, 0.25) is 6.41 Å². The number of nitrogens with zero attached hydrogens (tertiary/aromatic N) is 2. The summed E-state index contributed by atoms with van der Waals surface area (Å²) in [5.74, 6) is -1.08. The molecule has 0 aromatic heterocycles. The molecule has 0 aromatic carbocycles. The van der Waals surface area contributed by atoms with Crippen LogP contribution >= 0.6 is 0 Å². The minimum Gasteiger partial charge on any atom is -0.387 e. The normalized spacial score (nSPS) is 10.0. The number of rotatable bonds is 2. The van der Waals surface area contributed by atoms with Crippen LogP contribution in [0.2, 0.25) is 0 Å². The van der Waals surface area contributed by atoms with Gasteiger partial charge in [0.1, 0.15) is 6.61 Å². The summed E-state index contributed by atoms with van der Waals surface area (Å²) in [5, 5.41) is 25.7. The molecule has 3 N–H and O–H groups in total. The predicted octanol–water partition coefficient (Wildman–Crippen LogP) is -2.24. The standard InChI is InChI=1S/C6H12N2O5/c1-7(2)5(11)8(6(12)13)4(10)3-9/h6,9,12-13H,3H2,1-2H3. The van der Waals surface area contributed by atoms with Gasteiger partial charge in [-0.2, -0.15) is 0 Å². The van der Waals surface area contributed by atoms with E-state index in [1.165, 1.54) is 14.1 Å². The van der Waals surface area contributed by atoms with Crippen LogP contribution < -0.4 is 0 Å². The van der Waals surface area contributed by atoms with Crippen molar-refractivity contribution in [2.45, 2.75) is 6.41 Å². The van der Waals surface area contributed by atoms with Crippen LogP contribution in [0.3, 0.4) is 0 Å². The number of aliphatic hydroxyl groups excluding tert-OH is 2. The monoisotopic (exact) mass is 192 g/mol. The van der Waals surface area contributed by atoms with Crippen molar-refractivity contribution in [1.29, 1.82) is 0 Å². The molecule has 0 heterocycles. The zero-order valence-electron chi connectivity index (χ0n) is 7.34. The molecule has 0 aromatic rings. The van der Waals surface area contributed by atoms with E-state index in [0.29, 0.717) is 0 Å². The molecule has 0 radical (unpaired) electrons. The Labute approximate surface area is 74.8 Å². The Balaban J connectivity index is 4.61. The number of aliphatic hydroxyl groups is 3. The Morgan fingerprint density at radius 2 is 1.77 bits per heavy atom. The minimum atomic E-state index is -2.24.